The van der Waals surface area contributed by atoms with Gasteiger partial charge in [0.25, 0.3) is 0 Å². The van der Waals surface area contributed by atoms with Crippen LogP contribution in [-0.4, -0.2) is 12.1 Å². The lowest BCUT2D eigenvalue weighted by molar-refractivity contribution is 0.414. The van der Waals surface area contributed by atoms with Crippen LogP contribution >= 0.6 is 0 Å². The number of hydrogen-bond acceptors (Lipinski definition) is 2. The number of hydrogen-bond donors (Lipinski definition) is 0. The highest BCUT2D eigenvalue weighted by Crippen LogP contribution is 2.03. The van der Waals surface area contributed by atoms with E-state index in [2.05, 4.69) is 4.98 Å². The van der Waals surface area contributed by atoms with Crippen molar-refractivity contribution >= 4 is 0 Å². The molecule has 0 aromatic carbocycles. The van der Waals surface area contributed by atoms with Crippen LogP contribution in [0, 0.1) is 0 Å². The Labute approximate surface area is 75.6 Å². The first kappa shape index (κ1) is 13.5. The second kappa shape index (κ2) is 12.6. The summed E-state index contributed by atoms with van der Waals surface area (Å²) in [5, 5.41) is 0. The van der Waals surface area contributed by atoms with Crippen molar-refractivity contribution in [2.45, 2.75) is 27.7 Å². The number of pyridine rings is 1. The molecule has 0 saturated heterocycles. The molecule has 0 aliphatic rings. The van der Waals surface area contributed by atoms with Crippen molar-refractivity contribution in [3.8, 4) is 5.75 Å². The third-order valence-electron chi connectivity index (χ3n) is 0.885. The highest BCUT2D eigenvalue weighted by molar-refractivity contribution is 5.16. The Morgan fingerprint density at radius 1 is 1.00 bits per heavy atom. The van der Waals surface area contributed by atoms with E-state index in [0.29, 0.717) is 0 Å². The summed E-state index contributed by atoms with van der Waals surface area (Å²) >= 11 is 0. The van der Waals surface area contributed by atoms with E-state index in [1.807, 2.05) is 27.7 Å². The second-order valence-corrected chi connectivity index (χ2v) is 1.39. The minimum atomic E-state index is 0.847. The van der Waals surface area contributed by atoms with Crippen molar-refractivity contribution in [1.82, 2.24) is 4.98 Å². The first-order chi connectivity index (χ1) is 5.93. The molecular weight excluding hydrogens is 150 g/mol. The van der Waals surface area contributed by atoms with Crippen LogP contribution in [0.3, 0.4) is 0 Å². The molecule has 0 unspecified atom stereocenters. The molecule has 0 amide bonds. The summed E-state index contributed by atoms with van der Waals surface area (Å²) in [4.78, 5) is 3.81. The molecule has 0 fully saturated rings. The molecule has 2 heteroatoms. The summed E-state index contributed by atoms with van der Waals surface area (Å²) in [5.74, 6) is 0.847. The van der Waals surface area contributed by atoms with Crippen LogP contribution in [0.5, 0.6) is 5.75 Å². The Morgan fingerprint density at radius 3 is 1.67 bits per heavy atom. The SMILES string of the molecule is CC.CC.COc1ccncc1. The molecule has 70 valence electrons. The molecule has 0 N–H and O–H groups in total. The van der Waals surface area contributed by atoms with E-state index in [4.69, 9.17) is 4.74 Å². The molecule has 0 atom stereocenters. The van der Waals surface area contributed by atoms with Crippen LogP contribution in [0.1, 0.15) is 27.7 Å². The van der Waals surface area contributed by atoms with Crippen LogP contribution in [0.2, 0.25) is 0 Å². The van der Waals surface area contributed by atoms with Crippen molar-refractivity contribution in [3.63, 3.8) is 0 Å². The zero-order chi connectivity index (χ0) is 9.82. The van der Waals surface area contributed by atoms with Gasteiger partial charge in [-0.3, -0.25) is 4.98 Å². The molecule has 0 bridgehead atoms. The van der Waals surface area contributed by atoms with Crippen LogP contribution in [-0.2, 0) is 0 Å². The molecule has 0 aliphatic heterocycles. The summed E-state index contributed by atoms with van der Waals surface area (Å²) in [5.41, 5.74) is 0. The number of nitrogens with zero attached hydrogens (tertiary/aromatic N) is 1. The highest BCUT2D eigenvalue weighted by Gasteiger charge is 1.81. The van der Waals surface area contributed by atoms with Gasteiger partial charge in [-0.25, -0.2) is 0 Å². The number of ether oxygens (including phenoxy) is 1. The molecule has 2 nitrogen and oxygen atoms in total. The summed E-state index contributed by atoms with van der Waals surface area (Å²) in [6.07, 6.45) is 3.39. The van der Waals surface area contributed by atoms with Gasteiger partial charge < -0.3 is 4.74 Å². The topological polar surface area (TPSA) is 22.1 Å². The van der Waals surface area contributed by atoms with Crippen molar-refractivity contribution in [3.05, 3.63) is 24.5 Å². The van der Waals surface area contributed by atoms with Gasteiger partial charge >= 0.3 is 0 Å². The monoisotopic (exact) mass is 169 g/mol. The van der Waals surface area contributed by atoms with E-state index in [-0.39, 0.29) is 0 Å². The van der Waals surface area contributed by atoms with E-state index in [1.165, 1.54) is 0 Å². The van der Waals surface area contributed by atoms with Gasteiger partial charge in [0.05, 0.1) is 7.11 Å². The fourth-order valence-electron chi connectivity index (χ4n) is 0.474. The summed E-state index contributed by atoms with van der Waals surface area (Å²) < 4.78 is 4.87. The van der Waals surface area contributed by atoms with Gasteiger partial charge in [0.2, 0.25) is 0 Å². The van der Waals surface area contributed by atoms with Crippen molar-refractivity contribution in [2.24, 2.45) is 0 Å². The van der Waals surface area contributed by atoms with E-state index < -0.39 is 0 Å². The number of aromatic nitrogens is 1. The van der Waals surface area contributed by atoms with Gasteiger partial charge in [0.1, 0.15) is 5.75 Å². The Hall–Kier alpha value is -1.05. The predicted octanol–water partition coefficient (Wildman–Crippen LogP) is 3.14. The zero-order valence-electron chi connectivity index (χ0n) is 8.66. The van der Waals surface area contributed by atoms with Gasteiger partial charge in [0.15, 0.2) is 0 Å². The number of rotatable bonds is 1. The maximum absolute atomic E-state index is 4.87. The molecule has 0 radical (unpaired) electrons. The quantitative estimate of drug-likeness (QED) is 0.644. The van der Waals surface area contributed by atoms with E-state index in [0.717, 1.165) is 5.75 Å². The summed E-state index contributed by atoms with van der Waals surface area (Å²) in [7, 11) is 1.63. The van der Waals surface area contributed by atoms with Gasteiger partial charge in [-0.15, -0.1) is 0 Å². The van der Waals surface area contributed by atoms with E-state index in [1.54, 1.807) is 31.6 Å². The van der Waals surface area contributed by atoms with Crippen LogP contribution < -0.4 is 4.74 Å². The number of methoxy groups -OCH3 is 1. The third-order valence-corrected chi connectivity index (χ3v) is 0.885. The largest absolute Gasteiger partial charge is 0.497 e. The molecule has 12 heavy (non-hydrogen) atoms. The first-order valence-corrected chi connectivity index (χ1v) is 4.37. The summed E-state index contributed by atoms with van der Waals surface area (Å²) in [6.45, 7) is 8.00. The van der Waals surface area contributed by atoms with Gasteiger partial charge in [-0.2, -0.15) is 0 Å². The molecule has 1 aromatic rings. The average molecular weight is 169 g/mol. The predicted molar refractivity (Wildman–Crippen MR) is 53.5 cm³/mol. The first-order valence-electron chi connectivity index (χ1n) is 4.37. The fraction of sp³-hybridized carbons (Fsp3) is 0.500. The fourth-order valence-corrected chi connectivity index (χ4v) is 0.474. The minimum absolute atomic E-state index is 0.847. The molecule has 1 rings (SSSR count). The normalized spacial score (nSPS) is 6.75. The van der Waals surface area contributed by atoms with Crippen molar-refractivity contribution < 1.29 is 4.74 Å². The lowest BCUT2D eigenvalue weighted by Crippen LogP contribution is -1.80. The van der Waals surface area contributed by atoms with Crippen LogP contribution in [0.25, 0.3) is 0 Å². The van der Waals surface area contributed by atoms with Gasteiger partial charge in [-0.05, 0) is 12.1 Å². The molecule has 0 spiro atoms. The van der Waals surface area contributed by atoms with Crippen LogP contribution in [0.15, 0.2) is 24.5 Å². The summed E-state index contributed by atoms with van der Waals surface area (Å²) in [6, 6.07) is 3.61. The third kappa shape index (κ3) is 7.06. The maximum Gasteiger partial charge on any atom is 0.121 e. The Morgan fingerprint density at radius 2 is 1.42 bits per heavy atom. The van der Waals surface area contributed by atoms with Crippen molar-refractivity contribution in [1.29, 1.82) is 0 Å². The second-order valence-electron chi connectivity index (χ2n) is 1.39. The lowest BCUT2D eigenvalue weighted by Gasteiger charge is -1.93. The van der Waals surface area contributed by atoms with Gasteiger partial charge in [0, 0.05) is 12.4 Å². The molecule has 1 aromatic heterocycles. The van der Waals surface area contributed by atoms with E-state index >= 15 is 0 Å². The maximum atomic E-state index is 4.87. The van der Waals surface area contributed by atoms with Crippen LogP contribution in [0.4, 0.5) is 0 Å². The highest BCUT2D eigenvalue weighted by atomic mass is 16.5. The lowest BCUT2D eigenvalue weighted by atomic mass is 10.5. The average Bonchev–Trinajstić information content (AvgIpc) is 2.25. The Kier molecular flexibility index (Phi) is 14.2. The standard InChI is InChI=1S/C6H7NO.2C2H6/c1-8-6-2-4-7-5-3-6;2*1-2/h2-5H,1H3;2*1-2H3. The molecular formula is C10H19NO. The Balaban J connectivity index is 0. The van der Waals surface area contributed by atoms with E-state index in [9.17, 15) is 0 Å². The van der Waals surface area contributed by atoms with Crippen molar-refractivity contribution in [2.75, 3.05) is 7.11 Å². The smallest absolute Gasteiger partial charge is 0.121 e. The molecule has 0 saturated carbocycles. The minimum Gasteiger partial charge on any atom is -0.497 e. The van der Waals surface area contributed by atoms with Gasteiger partial charge in [-0.1, -0.05) is 27.7 Å². The Bertz CT molecular complexity index is 151. The molecule has 1 heterocycles. The molecule has 0 aliphatic carbocycles. The zero-order valence-corrected chi connectivity index (χ0v) is 8.66.